The Bertz CT molecular complexity index is 594. The van der Waals surface area contributed by atoms with Crippen molar-refractivity contribution < 1.29 is 14.3 Å². The Hall–Kier alpha value is -2.49. The zero-order chi connectivity index (χ0) is 13.0. The summed E-state index contributed by atoms with van der Waals surface area (Å²) in [5.74, 6) is -1.44. The van der Waals surface area contributed by atoms with Gasteiger partial charge in [0.15, 0.2) is 17.9 Å². The van der Waals surface area contributed by atoms with Crippen molar-refractivity contribution >= 4 is 18.4 Å². The molecule has 4 heteroatoms. The second kappa shape index (κ2) is 5.23. The average molecular weight is 243 g/mol. The van der Waals surface area contributed by atoms with E-state index in [1.807, 2.05) is 6.07 Å². The van der Waals surface area contributed by atoms with E-state index >= 15 is 0 Å². The Morgan fingerprint density at radius 1 is 1.22 bits per heavy atom. The van der Waals surface area contributed by atoms with Crippen molar-refractivity contribution in [3.63, 3.8) is 0 Å². The summed E-state index contributed by atoms with van der Waals surface area (Å²) in [6.07, 6.45) is 5.38. The number of carbonyl (C=O) groups excluding carboxylic acids is 1. The normalized spacial score (nSPS) is 10.7. The van der Waals surface area contributed by atoms with Gasteiger partial charge in [0.05, 0.1) is 11.3 Å². The topological polar surface area (TPSA) is 50.2 Å². The number of pyridine rings is 1. The molecular weight excluding hydrogens is 233 g/mol. The summed E-state index contributed by atoms with van der Waals surface area (Å²) >= 11 is 0. The maximum Gasteiger partial charge on any atom is 0.166 e. The number of nitrogens with zero attached hydrogens (tertiary/aromatic N) is 1. The Balaban J connectivity index is 2.33. The molecule has 18 heavy (non-hydrogen) atoms. The van der Waals surface area contributed by atoms with Gasteiger partial charge in [0.2, 0.25) is 0 Å². The number of aromatic nitrogens is 1. The number of phenols is 1. The molecular formula is C14H10FNO2. The molecule has 1 heterocycles. The minimum atomic E-state index is -0.819. The zero-order valence-electron chi connectivity index (χ0n) is 9.38. The molecule has 1 aromatic carbocycles. The van der Waals surface area contributed by atoms with Crippen LogP contribution in [0.15, 0.2) is 36.5 Å². The van der Waals surface area contributed by atoms with E-state index in [0.29, 0.717) is 11.8 Å². The number of hydrogen-bond donors (Lipinski definition) is 1. The summed E-state index contributed by atoms with van der Waals surface area (Å²) in [7, 11) is 0. The third-order valence-corrected chi connectivity index (χ3v) is 2.38. The van der Waals surface area contributed by atoms with E-state index in [2.05, 4.69) is 4.98 Å². The van der Waals surface area contributed by atoms with Crippen molar-refractivity contribution in [2.24, 2.45) is 0 Å². The van der Waals surface area contributed by atoms with Crippen molar-refractivity contribution in [1.29, 1.82) is 0 Å². The number of aldehydes is 1. The highest BCUT2D eigenvalue weighted by Gasteiger charge is 2.07. The smallest absolute Gasteiger partial charge is 0.166 e. The first-order chi connectivity index (χ1) is 8.70. The lowest BCUT2D eigenvalue weighted by molar-refractivity contribution is 0.112. The molecule has 0 atom stereocenters. The Morgan fingerprint density at radius 3 is 2.72 bits per heavy atom. The Kier molecular flexibility index (Phi) is 3.48. The van der Waals surface area contributed by atoms with Crippen LogP contribution in [0, 0.1) is 5.82 Å². The first-order valence-corrected chi connectivity index (χ1v) is 5.27. The summed E-state index contributed by atoms with van der Waals surface area (Å²) in [5.41, 5.74) is 1.13. The lowest BCUT2D eigenvalue weighted by Crippen LogP contribution is -1.88. The minimum absolute atomic E-state index is 0.0735. The van der Waals surface area contributed by atoms with Crippen LogP contribution in [-0.4, -0.2) is 16.4 Å². The monoisotopic (exact) mass is 243 g/mol. The summed E-state index contributed by atoms with van der Waals surface area (Å²) in [5, 5.41) is 9.26. The highest BCUT2D eigenvalue weighted by Crippen LogP contribution is 2.22. The van der Waals surface area contributed by atoms with Gasteiger partial charge in [-0.15, -0.1) is 0 Å². The lowest BCUT2D eigenvalue weighted by atomic mass is 10.1. The van der Waals surface area contributed by atoms with Gasteiger partial charge in [0.1, 0.15) is 0 Å². The fourth-order valence-corrected chi connectivity index (χ4v) is 1.48. The Morgan fingerprint density at radius 2 is 2.06 bits per heavy atom. The SMILES string of the molecule is O=Cc1cc(/C=C/c2ccccn2)cc(F)c1O. The number of benzene rings is 1. The molecule has 2 rings (SSSR count). The van der Waals surface area contributed by atoms with Gasteiger partial charge in [-0.1, -0.05) is 12.1 Å². The van der Waals surface area contributed by atoms with Crippen LogP contribution in [0.4, 0.5) is 4.39 Å². The number of phenolic OH excluding ortho intramolecular Hbond substituents is 1. The first kappa shape index (κ1) is 12.0. The quantitative estimate of drug-likeness (QED) is 0.843. The van der Waals surface area contributed by atoms with Gasteiger partial charge in [-0.05, 0) is 35.9 Å². The second-order valence-corrected chi connectivity index (χ2v) is 3.65. The van der Waals surface area contributed by atoms with Crippen LogP contribution in [0.1, 0.15) is 21.6 Å². The zero-order valence-corrected chi connectivity index (χ0v) is 9.38. The van der Waals surface area contributed by atoms with Crippen LogP contribution >= 0.6 is 0 Å². The van der Waals surface area contributed by atoms with Gasteiger partial charge < -0.3 is 5.11 Å². The van der Waals surface area contributed by atoms with E-state index in [1.54, 1.807) is 30.5 Å². The van der Waals surface area contributed by atoms with Gasteiger partial charge in [-0.2, -0.15) is 0 Å². The molecule has 0 amide bonds. The van der Waals surface area contributed by atoms with Crippen LogP contribution in [0.5, 0.6) is 5.75 Å². The molecule has 0 aliphatic carbocycles. The van der Waals surface area contributed by atoms with Crippen molar-refractivity contribution in [1.82, 2.24) is 4.98 Å². The fraction of sp³-hybridized carbons (Fsp3) is 0. The number of halogens is 1. The van der Waals surface area contributed by atoms with Gasteiger partial charge in [0.25, 0.3) is 0 Å². The predicted octanol–water partition coefficient (Wildman–Crippen LogP) is 2.91. The maximum atomic E-state index is 13.3. The average Bonchev–Trinajstić information content (AvgIpc) is 2.41. The van der Waals surface area contributed by atoms with Crippen molar-refractivity contribution in [3.8, 4) is 5.75 Å². The van der Waals surface area contributed by atoms with E-state index in [9.17, 15) is 14.3 Å². The van der Waals surface area contributed by atoms with E-state index in [0.717, 1.165) is 11.8 Å². The highest BCUT2D eigenvalue weighted by molar-refractivity contribution is 5.82. The van der Waals surface area contributed by atoms with Crippen molar-refractivity contribution in [3.05, 3.63) is 59.2 Å². The maximum absolute atomic E-state index is 13.3. The van der Waals surface area contributed by atoms with Crippen LogP contribution in [-0.2, 0) is 0 Å². The van der Waals surface area contributed by atoms with Crippen LogP contribution in [0.2, 0.25) is 0 Å². The molecule has 0 fully saturated rings. The molecule has 0 saturated carbocycles. The summed E-state index contributed by atoms with van der Waals surface area (Å²) in [6, 6.07) is 7.99. The van der Waals surface area contributed by atoms with Gasteiger partial charge in [-0.25, -0.2) is 4.39 Å². The van der Waals surface area contributed by atoms with Gasteiger partial charge >= 0.3 is 0 Å². The summed E-state index contributed by atoms with van der Waals surface area (Å²) in [6.45, 7) is 0. The number of hydrogen-bond acceptors (Lipinski definition) is 3. The molecule has 0 radical (unpaired) electrons. The third-order valence-electron chi connectivity index (χ3n) is 2.38. The van der Waals surface area contributed by atoms with E-state index in [4.69, 9.17) is 0 Å². The van der Waals surface area contributed by atoms with Crippen LogP contribution in [0.25, 0.3) is 12.2 Å². The van der Waals surface area contributed by atoms with E-state index in [-0.39, 0.29) is 5.56 Å². The van der Waals surface area contributed by atoms with Crippen molar-refractivity contribution in [2.75, 3.05) is 0 Å². The highest BCUT2D eigenvalue weighted by atomic mass is 19.1. The molecule has 0 aliphatic heterocycles. The molecule has 0 bridgehead atoms. The summed E-state index contributed by atoms with van der Waals surface area (Å²) in [4.78, 5) is 14.7. The molecule has 3 nitrogen and oxygen atoms in total. The lowest BCUT2D eigenvalue weighted by Gasteiger charge is -2.01. The first-order valence-electron chi connectivity index (χ1n) is 5.27. The molecule has 0 unspecified atom stereocenters. The second-order valence-electron chi connectivity index (χ2n) is 3.65. The fourth-order valence-electron chi connectivity index (χ4n) is 1.48. The van der Waals surface area contributed by atoms with Crippen molar-refractivity contribution in [2.45, 2.75) is 0 Å². The molecule has 0 aliphatic rings. The van der Waals surface area contributed by atoms with Crippen LogP contribution in [0.3, 0.4) is 0 Å². The third kappa shape index (κ3) is 2.60. The minimum Gasteiger partial charge on any atom is -0.504 e. The molecule has 2 aromatic rings. The largest absolute Gasteiger partial charge is 0.504 e. The number of carbonyl (C=O) groups is 1. The number of aromatic hydroxyl groups is 1. The van der Waals surface area contributed by atoms with E-state index < -0.39 is 11.6 Å². The predicted molar refractivity (Wildman–Crippen MR) is 66.6 cm³/mol. The molecule has 1 aromatic heterocycles. The standard InChI is InChI=1S/C14H10FNO2/c15-13-8-10(7-11(9-17)14(13)18)4-5-12-3-1-2-6-16-12/h1-9,18H/b5-4+. The van der Waals surface area contributed by atoms with Crippen LogP contribution < -0.4 is 0 Å². The number of rotatable bonds is 3. The molecule has 0 spiro atoms. The van der Waals surface area contributed by atoms with Gasteiger partial charge in [-0.3, -0.25) is 9.78 Å². The Labute approximate surface area is 103 Å². The summed E-state index contributed by atoms with van der Waals surface area (Å²) < 4.78 is 13.3. The molecule has 0 saturated heterocycles. The van der Waals surface area contributed by atoms with E-state index in [1.165, 1.54) is 6.07 Å². The van der Waals surface area contributed by atoms with Gasteiger partial charge in [0, 0.05) is 6.20 Å². The molecule has 90 valence electrons. The molecule has 1 N–H and O–H groups in total.